The molecule has 0 rings (SSSR count). The second kappa shape index (κ2) is 11.3. The Labute approximate surface area is 97.0 Å². The fourth-order valence-electron chi connectivity index (χ4n) is 1.14. The summed E-state index contributed by atoms with van der Waals surface area (Å²) >= 11 is 0. The van der Waals surface area contributed by atoms with Gasteiger partial charge in [-0.05, 0) is 6.42 Å². The van der Waals surface area contributed by atoms with E-state index in [4.69, 9.17) is 24.8 Å². The Hall–Kier alpha value is -0.200. The highest BCUT2D eigenvalue weighted by atomic mass is 16.5. The van der Waals surface area contributed by atoms with E-state index in [1.54, 1.807) is 0 Å². The van der Waals surface area contributed by atoms with E-state index in [9.17, 15) is 0 Å². The van der Waals surface area contributed by atoms with E-state index in [-0.39, 0.29) is 32.5 Å². The van der Waals surface area contributed by atoms with Crippen LogP contribution in [0, 0.1) is 0 Å². The molecule has 0 fully saturated rings. The molecule has 0 saturated heterocycles. The molecule has 0 amide bonds. The van der Waals surface area contributed by atoms with E-state index in [1.165, 1.54) is 0 Å². The van der Waals surface area contributed by atoms with Crippen molar-refractivity contribution in [3.63, 3.8) is 0 Å². The van der Waals surface area contributed by atoms with Gasteiger partial charge >= 0.3 is 0 Å². The predicted octanol–water partition coefficient (Wildman–Crippen LogP) is -0.0761. The Bertz CT molecular complexity index is 142. The van der Waals surface area contributed by atoms with Gasteiger partial charge in [0.05, 0.1) is 26.4 Å². The normalized spacial score (nSPS) is 15.0. The van der Waals surface area contributed by atoms with Crippen molar-refractivity contribution < 1.29 is 24.8 Å². The third-order valence-corrected chi connectivity index (χ3v) is 2.13. The maximum absolute atomic E-state index is 9.01. The van der Waals surface area contributed by atoms with Crippen LogP contribution in [-0.4, -0.2) is 60.6 Å². The van der Waals surface area contributed by atoms with Crippen LogP contribution >= 0.6 is 0 Å². The van der Waals surface area contributed by atoms with Crippen molar-refractivity contribution in [1.29, 1.82) is 0 Å². The number of aliphatic hydroxyl groups is 3. The quantitative estimate of drug-likeness (QED) is 0.437. The lowest BCUT2D eigenvalue weighted by atomic mass is 10.3. The van der Waals surface area contributed by atoms with Gasteiger partial charge in [0.25, 0.3) is 0 Å². The molecule has 0 bridgehead atoms. The summed E-state index contributed by atoms with van der Waals surface area (Å²) in [5, 5.41) is 26.5. The molecule has 2 atom stereocenters. The van der Waals surface area contributed by atoms with Crippen LogP contribution in [0.25, 0.3) is 0 Å². The molecule has 2 unspecified atom stereocenters. The average Bonchev–Trinajstić information content (AvgIpc) is 2.31. The van der Waals surface area contributed by atoms with Gasteiger partial charge in [-0.2, -0.15) is 0 Å². The van der Waals surface area contributed by atoms with Gasteiger partial charge in [0.15, 0.2) is 0 Å². The maximum Gasteiger partial charge on any atom is 0.104 e. The monoisotopic (exact) mass is 236 g/mol. The summed E-state index contributed by atoms with van der Waals surface area (Å²) in [5.74, 6) is 0. The Morgan fingerprint density at radius 2 is 1.81 bits per heavy atom. The van der Waals surface area contributed by atoms with Gasteiger partial charge in [-0.25, -0.2) is 0 Å². The first-order valence-corrected chi connectivity index (χ1v) is 5.83. The summed E-state index contributed by atoms with van der Waals surface area (Å²) in [7, 11) is 0. The molecule has 3 N–H and O–H groups in total. The van der Waals surface area contributed by atoms with Crippen LogP contribution in [0.4, 0.5) is 0 Å². The molecule has 0 aliphatic carbocycles. The number of aliphatic hydroxyl groups excluding tert-OH is 3. The molecule has 16 heavy (non-hydrogen) atoms. The topological polar surface area (TPSA) is 79.2 Å². The van der Waals surface area contributed by atoms with Gasteiger partial charge in [0, 0.05) is 6.61 Å². The fourth-order valence-corrected chi connectivity index (χ4v) is 1.14. The molecule has 0 aliphatic rings. The van der Waals surface area contributed by atoms with Gasteiger partial charge in [-0.1, -0.05) is 19.8 Å². The molecule has 0 spiro atoms. The zero-order valence-electron chi connectivity index (χ0n) is 9.97. The highest BCUT2D eigenvalue weighted by molar-refractivity contribution is 4.56. The summed E-state index contributed by atoms with van der Waals surface area (Å²) in [5.41, 5.74) is 0. The fraction of sp³-hybridized carbons (Fsp3) is 1.00. The van der Waals surface area contributed by atoms with E-state index in [0.29, 0.717) is 6.61 Å². The molecule has 0 heterocycles. The predicted molar refractivity (Wildman–Crippen MR) is 60.3 cm³/mol. The van der Waals surface area contributed by atoms with Gasteiger partial charge in [-0.15, -0.1) is 0 Å². The number of unbranched alkanes of at least 4 members (excludes halogenated alkanes) is 2. The third kappa shape index (κ3) is 9.06. The lowest BCUT2D eigenvalue weighted by molar-refractivity contribution is -0.0648. The Kier molecular flexibility index (Phi) is 11.1. The maximum atomic E-state index is 9.01. The molecular weight excluding hydrogens is 212 g/mol. The molecule has 0 aromatic rings. The van der Waals surface area contributed by atoms with E-state index in [0.717, 1.165) is 19.3 Å². The summed E-state index contributed by atoms with van der Waals surface area (Å²) < 4.78 is 10.5. The Morgan fingerprint density at radius 1 is 1.06 bits per heavy atom. The minimum absolute atomic E-state index is 0.0608. The zero-order chi connectivity index (χ0) is 12.2. The van der Waals surface area contributed by atoms with Crippen molar-refractivity contribution in [3.8, 4) is 0 Å². The Balaban J connectivity index is 3.43. The standard InChI is InChI=1S/C11H24O5/c1-2-3-4-5-16-11(7-13)9-15-8-10(14)6-12/h10-14H,2-9H2,1H3. The van der Waals surface area contributed by atoms with Crippen LogP contribution in [0.2, 0.25) is 0 Å². The number of hydrogen-bond donors (Lipinski definition) is 3. The van der Waals surface area contributed by atoms with Crippen LogP contribution in [0.5, 0.6) is 0 Å². The summed E-state index contributed by atoms with van der Waals surface area (Å²) in [4.78, 5) is 0. The second-order valence-electron chi connectivity index (χ2n) is 3.76. The average molecular weight is 236 g/mol. The summed E-state index contributed by atoms with van der Waals surface area (Å²) in [6.45, 7) is 2.61. The summed E-state index contributed by atoms with van der Waals surface area (Å²) in [6.07, 6.45) is 2.02. The number of ether oxygens (including phenoxy) is 2. The van der Waals surface area contributed by atoms with E-state index >= 15 is 0 Å². The number of rotatable bonds is 11. The first-order valence-electron chi connectivity index (χ1n) is 5.83. The first kappa shape index (κ1) is 15.8. The lowest BCUT2D eigenvalue weighted by Crippen LogP contribution is -2.28. The molecular formula is C11H24O5. The van der Waals surface area contributed by atoms with E-state index in [2.05, 4.69) is 6.92 Å². The first-order chi connectivity index (χ1) is 7.74. The van der Waals surface area contributed by atoms with Crippen LogP contribution in [-0.2, 0) is 9.47 Å². The highest BCUT2D eigenvalue weighted by Crippen LogP contribution is 1.99. The van der Waals surface area contributed by atoms with Crippen molar-refractivity contribution in [2.75, 3.05) is 33.0 Å². The largest absolute Gasteiger partial charge is 0.394 e. The van der Waals surface area contributed by atoms with E-state index in [1.807, 2.05) is 0 Å². The van der Waals surface area contributed by atoms with Crippen LogP contribution in [0.1, 0.15) is 26.2 Å². The van der Waals surface area contributed by atoms with Crippen molar-refractivity contribution in [2.45, 2.75) is 38.4 Å². The summed E-state index contributed by atoms with van der Waals surface area (Å²) in [6, 6.07) is 0. The van der Waals surface area contributed by atoms with Crippen LogP contribution in [0.3, 0.4) is 0 Å². The lowest BCUT2D eigenvalue weighted by Gasteiger charge is -2.16. The van der Waals surface area contributed by atoms with Crippen molar-refractivity contribution in [3.05, 3.63) is 0 Å². The molecule has 0 aliphatic heterocycles. The molecule has 98 valence electrons. The molecule has 0 aromatic carbocycles. The van der Waals surface area contributed by atoms with E-state index < -0.39 is 6.10 Å². The second-order valence-corrected chi connectivity index (χ2v) is 3.76. The highest BCUT2D eigenvalue weighted by Gasteiger charge is 2.09. The molecule has 0 aromatic heterocycles. The molecule has 5 nitrogen and oxygen atoms in total. The van der Waals surface area contributed by atoms with Gasteiger partial charge in [-0.3, -0.25) is 0 Å². The van der Waals surface area contributed by atoms with Crippen molar-refractivity contribution in [1.82, 2.24) is 0 Å². The SMILES string of the molecule is CCCCCOC(CO)COCC(O)CO. The third-order valence-electron chi connectivity index (χ3n) is 2.13. The Morgan fingerprint density at radius 3 is 2.38 bits per heavy atom. The van der Waals surface area contributed by atoms with Gasteiger partial charge in [0.1, 0.15) is 12.2 Å². The minimum Gasteiger partial charge on any atom is -0.394 e. The van der Waals surface area contributed by atoms with Crippen molar-refractivity contribution in [2.24, 2.45) is 0 Å². The van der Waals surface area contributed by atoms with Crippen LogP contribution in [0.15, 0.2) is 0 Å². The molecule has 0 saturated carbocycles. The molecule has 5 heteroatoms. The van der Waals surface area contributed by atoms with Crippen LogP contribution < -0.4 is 0 Å². The van der Waals surface area contributed by atoms with Crippen molar-refractivity contribution >= 4 is 0 Å². The van der Waals surface area contributed by atoms with Gasteiger partial charge in [0.2, 0.25) is 0 Å². The minimum atomic E-state index is -0.862. The molecule has 0 radical (unpaired) electrons. The smallest absolute Gasteiger partial charge is 0.104 e. The zero-order valence-corrected chi connectivity index (χ0v) is 9.97. The number of hydrogen-bond acceptors (Lipinski definition) is 5. The van der Waals surface area contributed by atoms with Gasteiger partial charge < -0.3 is 24.8 Å².